The Morgan fingerprint density at radius 2 is 1.95 bits per heavy atom. The zero-order valence-corrected chi connectivity index (χ0v) is 13.9. The van der Waals surface area contributed by atoms with Gasteiger partial charge in [-0.2, -0.15) is 0 Å². The van der Waals surface area contributed by atoms with E-state index >= 15 is 0 Å². The lowest BCUT2D eigenvalue weighted by atomic mass is 9.92. The van der Waals surface area contributed by atoms with Crippen molar-refractivity contribution in [2.75, 3.05) is 13.1 Å². The summed E-state index contributed by atoms with van der Waals surface area (Å²) in [6.07, 6.45) is 1.29. The minimum atomic E-state index is -3.88. The zero-order valence-electron chi connectivity index (χ0n) is 12.3. The third-order valence-electron chi connectivity index (χ3n) is 3.89. The average molecular weight is 348 g/mol. The van der Waals surface area contributed by atoms with Crippen LogP contribution in [0.15, 0.2) is 17.0 Å². The molecule has 0 atom stereocenters. The summed E-state index contributed by atoms with van der Waals surface area (Å²) in [4.78, 5) is 10.2. The molecule has 0 aromatic heterocycles. The maximum atomic E-state index is 12.5. The number of piperidine rings is 1. The van der Waals surface area contributed by atoms with Crippen LogP contribution in [-0.2, 0) is 10.0 Å². The number of hydrogen-bond donors (Lipinski definition) is 2. The smallest absolute Gasteiger partial charge is 0.275 e. The maximum Gasteiger partial charge on any atom is 0.275 e. The van der Waals surface area contributed by atoms with Gasteiger partial charge in [0.05, 0.1) is 14.8 Å². The highest BCUT2D eigenvalue weighted by molar-refractivity contribution is 7.89. The molecule has 0 saturated carbocycles. The molecule has 7 nitrogen and oxygen atoms in total. The molecule has 22 heavy (non-hydrogen) atoms. The first kappa shape index (κ1) is 17.1. The van der Waals surface area contributed by atoms with Crippen molar-refractivity contribution in [1.82, 2.24) is 10.0 Å². The van der Waals surface area contributed by atoms with Crippen molar-refractivity contribution < 1.29 is 13.3 Å². The van der Waals surface area contributed by atoms with Crippen molar-refractivity contribution in [3.8, 4) is 0 Å². The molecule has 1 aliphatic rings. The maximum absolute atomic E-state index is 12.5. The van der Waals surface area contributed by atoms with Crippen LogP contribution >= 0.6 is 11.6 Å². The zero-order chi connectivity index (χ0) is 16.5. The van der Waals surface area contributed by atoms with Gasteiger partial charge in [0.1, 0.15) is 0 Å². The number of halogens is 1. The Morgan fingerprint density at radius 1 is 1.36 bits per heavy atom. The van der Waals surface area contributed by atoms with Gasteiger partial charge in [-0.15, -0.1) is 0 Å². The van der Waals surface area contributed by atoms with E-state index in [1.807, 2.05) is 6.92 Å². The van der Waals surface area contributed by atoms with Crippen LogP contribution in [0.5, 0.6) is 0 Å². The van der Waals surface area contributed by atoms with Crippen LogP contribution in [0, 0.1) is 17.0 Å². The number of nitrogens with zero attached hydrogens (tertiary/aromatic N) is 1. The van der Waals surface area contributed by atoms with E-state index < -0.39 is 20.5 Å². The first-order valence-corrected chi connectivity index (χ1v) is 8.70. The standard InChI is InChI=1S/C13H18ClN3O4S/c1-9-11(14)7-10(8-12(9)17(18)19)22(20,21)16-13(2)3-5-15-6-4-13/h7-8,15-16H,3-6H2,1-2H3. The molecular formula is C13H18ClN3O4S. The van der Waals surface area contributed by atoms with Gasteiger partial charge < -0.3 is 5.32 Å². The second-order valence-corrected chi connectivity index (χ2v) is 7.81. The predicted octanol–water partition coefficient (Wildman–Crippen LogP) is 1.98. The molecule has 122 valence electrons. The molecule has 1 fully saturated rings. The van der Waals surface area contributed by atoms with Crippen LogP contribution in [0.3, 0.4) is 0 Å². The molecule has 0 amide bonds. The fraction of sp³-hybridized carbons (Fsp3) is 0.538. The van der Waals surface area contributed by atoms with E-state index in [1.165, 1.54) is 13.0 Å². The van der Waals surface area contributed by atoms with Crippen LogP contribution in [0.4, 0.5) is 5.69 Å². The third-order valence-corrected chi connectivity index (χ3v) is 5.90. The number of nitro benzene ring substituents is 1. The Morgan fingerprint density at radius 3 is 2.50 bits per heavy atom. The van der Waals surface area contributed by atoms with Gasteiger partial charge in [-0.3, -0.25) is 10.1 Å². The molecule has 0 unspecified atom stereocenters. The van der Waals surface area contributed by atoms with E-state index in [4.69, 9.17) is 11.6 Å². The molecule has 1 aromatic rings. The fourth-order valence-corrected chi connectivity index (χ4v) is 4.24. The SMILES string of the molecule is Cc1c(Cl)cc(S(=O)(=O)NC2(C)CCNCC2)cc1[N+](=O)[O-]. The number of nitro groups is 1. The van der Waals surface area contributed by atoms with Crippen LogP contribution in [0.25, 0.3) is 0 Å². The van der Waals surface area contributed by atoms with Crippen molar-refractivity contribution in [2.24, 2.45) is 0 Å². The summed E-state index contributed by atoms with van der Waals surface area (Å²) in [5, 5.41) is 14.3. The van der Waals surface area contributed by atoms with Crippen LogP contribution in [0.2, 0.25) is 5.02 Å². The molecule has 0 aliphatic carbocycles. The molecule has 2 rings (SSSR count). The Kier molecular flexibility index (Phi) is 4.76. The minimum absolute atomic E-state index is 0.0602. The van der Waals surface area contributed by atoms with E-state index in [-0.39, 0.29) is 21.2 Å². The van der Waals surface area contributed by atoms with Gasteiger partial charge in [0, 0.05) is 17.2 Å². The van der Waals surface area contributed by atoms with E-state index in [2.05, 4.69) is 10.0 Å². The summed E-state index contributed by atoms with van der Waals surface area (Å²) in [5.74, 6) is 0. The van der Waals surface area contributed by atoms with Crippen LogP contribution in [0.1, 0.15) is 25.3 Å². The average Bonchev–Trinajstić information content (AvgIpc) is 2.40. The molecular weight excluding hydrogens is 330 g/mol. The second kappa shape index (κ2) is 6.11. The molecule has 9 heteroatoms. The summed E-state index contributed by atoms with van der Waals surface area (Å²) >= 11 is 5.94. The van der Waals surface area contributed by atoms with Crippen molar-refractivity contribution in [2.45, 2.75) is 37.1 Å². The highest BCUT2D eigenvalue weighted by Crippen LogP contribution is 2.30. The van der Waals surface area contributed by atoms with Crippen molar-refractivity contribution in [1.29, 1.82) is 0 Å². The number of sulfonamides is 1. The molecule has 1 saturated heterocycles. The number of rotatable bonds is 4. The Labute approximate surface area is 134 Å². The van der Waals surface area contributed by atoms with Gasteiger partial charge in [0.25, 0.3) is 5.69 Å². The van der Waals surface area contributed by atoms with Crippen molar-refractivity contribution >= 4 is 27.3 Å². The van der Waals surface area contributed by atoms with Crippen LogP contribution < -0.4 is 10.0 Å². The first-order valence-electron chi connectivity index (χ1n) is 6.84. The van der Waals surface area contributed by atoms with Gasteiger partial charge in [-0.1, -0.05) is 11.6 Å². The summed E-state index contributed by atoms with van der Waals surface area (Å²) in [6.45, 7) is 4.75. The summed E-state index contributed by atoms with van der Waals surface area (Å²) in [6, 6.07) is 2.30. The monoisotopic (exact) mass is 347 g/mol. The van der Waals surface area contributed by atoms with Crippen molar-refractivity contribution in [3.63, 3.8) is 0 Å². The lowest BCUT2D eigenvalue weighted by molar-refractivity contribution is -0.385. The van der Waals surface area contributed by atoms with E-state index in [0.29, 0.717) is 25.9 Å². The Bertz CT molecular complexity index is 699. The van der Waals surface area contributed by atoms with Gasteiger partial charge in [-0.25, -0.2) is 13.1 Å². The second-order valence-electron chi connectivity index (χ2n) is 5.72. The van der Waals surface area contributed by atoms with E-state index in [9.17, 15) is 18.5 Å². The first-order chi connectivity index (χ1) is 10.1. The van der Waals surface area contributed by atoms with E-state index in [0.717, 1.165) is 6.07 Å². The predicted molar refractivity (Wildman–Crippen MR) is 83.7 cm³/mol. The topological polar surface area (TPSA) is 101 Å². The van der Waals surface area contributed by atoms with Gasteiger partial charge >= 0.3 is 0 Å². The molecule has 0 radical (unpaired) electrons. The Balaban J connectivity index is 2.39. The highest BCUT2D eigenvalue weighted by atomic mass is 35.5. The third kappa shape index (κ3) is 3.57. The van der Waals surface area contributed by atoms with Gasteiger partial charge in [-0.05, 0) is 45.8 Å². The molecule has 2 N–H and O–H groups in total. The minimum Gasteiger partial charge on any atom is -0.317 e. The molecule has 1 heterocycles. The van der Waals surface area contributed by atoms with Crippen molar-refractivity contribution in [3.05, 3.63) is 32.8 Å². The largest absolute Gasteiger partial charge is 0.317 e. The van der Waals surface area contributed by atoms with E-state index in [1.54, 1.807) is 0 Å². The molecule has 1 aliphatic heterocycles. The molecule has 0 bridgehead atoms. The van der Waals surface area contributed by atoms with Gasteiger partial charge in [0.2, 0.25) is 10.0 Å². The molecule has 0 spiro atoms. The van der Waals surface area contributed by atoms with Gasteiger partial charge in [0.15, 0.2) is 0 Å². The number of hydrogen-bond acceptors (Lipinski definition) is 5. The Hall–Kier alpha value is -1.22. The summed E-state index contributed by atoms with van der Waals surface area (Å²) < 4.78 is 27.7. The summed E-state index contributed by atoms with van der Waals surface area (Å²) in [5.41, 5.74) is -0.627. The highest BCUT2D eigenvalue weighted by Gasteiger charge is 2.33. The number of nitrogens with one attached hydrogen (secondary N) is 2. The molecule has 1 aromatic carbocycles. The normalized spacial score (nSPS) is 18.1. The summed E-state index contributed by atoms with van der Waals surface area (Å²) in [7, 11) is -3.88. The number of benzene rings is 1. The lowest BCUT2D eigenvalue weighted by Gasteiger charge is -2.34. The van der Waals surface area contributed by atoms with Crippen LogP contribution in [-0.4, -0.2) is 32.0 Å². The lowest BCUT2D eigenvalue weighted by Crippen LogP contribution is -2.52. The quantitative estimate of drug-likeness (QED) is 0.640. The fourth-order valence-electron chi connectivity index (χ4n) is 2.45.